The predicted octanol–water partition coefficient (Wildman–Crippen LogP) is -0.563. The Morgan fingerprint density at radius 1 is 0.929 bits per heavy atom. The molecule has 0 aromatic carbocycles. The molecule has 0 bridgehead atoms. The van der Waals surface area contributed by atoms with Gasteiger partial charge in [0.2, 0.25) is 0 Å². The van der Waals surface area contributed by atoms with Gasteiger partial charge in [-0.2, -0.15) is 0 Å². The first-order valence-electron chi connectivity index (χ1n) is 4.47. The van der Waals surface area contributed by atoms with Gasteiger partial charge in [0.05, 0.1) is 39.6 Å². The SMILES string of the molecule is COCCON(CCO)OCCOC. The van der Waals surface area contributed by atoms with E-state index in [2.05, 4.69) is 0 Å². The Morgan fingerprint density at radius 3 is 1.79 bits per heavy atom. The Hall–Kier alpha value is -0.240. The molecule has 0 heterocycles. The zero-order valence-electron chi connectivity index (χ0n) is 8.77. The highest BCUT2D eigenvalue weighted by molar-refractivity contribution is 4.31. The summed E-state index contributed by atoms with van der Waals surface area (Å²) < 4.78 is 9.60. The summed E-state index contributed by atoms with van der Waals surface area (Å²) in [6.07, 6.45) is 0. The second-order valence-corrected chi connectivity index (χ2v) is 2.43. The fourth-order valence-electron chi connectivity index (χ4n) is 0.693. The van der Waals surface area contributed by atoms with Gasteiger partial charge in [0.1, 0.15) is 0 Å². The molecule has 0 spiro atoms. The van der Waals surface area contributed by atoms with Gasteiger partial charge in [-0.05, 0) is 0 Å². The van der Waals surface area contributed by atoms with Gasteiger partial charge in [0, 0.05) is 14.2 Å². The van der Waals surface area contributed by atoms with E-state index >= 15 is 0 Å². The number of hydrogen-bond acceptors (Lipinski definition) is 6. The van der Waals surface area contributed by atoms with Crippen molar-refractivity contribution in [2.24, 2.45) is 0 Å². The summed E-state index contributed by atoms with van der Waals surface area (Å²) >= 11 is 0. The molecule has 0 aliphatic rings. The van der Waals surface area contributed by atoms with Gasteiger partial charge in [0.15, 0.2) is 0 Å². The molecule has 6 heteroatoms. The fourth-order valence-corrected chi connectivity index (χ4v) is 0.693. The Labute approximate surface area is 84.2 Å². The molecule has 86 valence electrons. The minimum atomic E-state index is -0.0278. The standard InChI is InChI=1S/C8H19NO5/c1-11-5-7-13-9(3-4-10)14-8-6-12-2/h10H,3-8H2,1-2H3. The molecule has 0 fully saturated rings. The topological polar surface area (TPSA) is 60.4 Å². The summed E-state index contributed by atoms with van der Waals surface area (Å²) in [5.74, 6) is 0. The van der Waals surface area contributed by atoms with Crippen molar-refractivity contribution in [3.63, 3.8) is 0 Å². The quantitative estimate of drug-likeness (QED) is 0.384. The predicted molar refractivity (Wildman–Crippen MR) is 49.4 cm³/mol. The molecule has 0 saturated carbocycles. The highest BCUT2D eigenvalue weighted by atomic mass is 16.9. The van der Waals surface area contributed by atoms with E-state index in [9.17, 15) is 0 Å². The van der Waals surface area contributed by atoms with Crippen LogP contribution in [0.4, 0.5) is 0 Å². The minimum absolute atomic E-state index is 0.0278. The molecule has 0 aromatic rings. The molecule has 0 rings (SSSR count). The maximum atomic E-state index is 8.69. The van der Waals surface area contributed by atoms with Crippen LogP contribution in [-0.4, -0.2) is 64.1 Å². The van der Waals surface area contributed by atoms with Crippen LogP contribution in [0.1, 0.15) is 0 Å². The summed E-state index contributed by atoms with van der Waals surface area (Å²) in [6.45, 7) is 2.02. The third-order valence-electron chi connectivity index (χ3n) is 1.33. The number of methoxy groups -OCH3 is 2. The lowest BCUT2D eigenvalue weighted by molar-refractivity contribution is -0.373. The van der Waals surface area contributed by atoms with E-state index in [-0.39, 0.29) is 6.61 Å². The van der Waals surface area contributed by atoms with Crippen LogP contribution in [0.25, 0.3) is 0 Å². The lowest BCUT2D eigenvalue weighted by Crippen LogP contribution is -2.30. The second kappa shape index (κ2) is 10.8. The Balaban J connectivity index is 3.44. The van der Waals surface area contributed by atoms with E-state index in [4.69, 9.17) is 24.3 Å². The number of rotatable bonds is 10. The van der Waals surface area contributed by atoms with Gasteiger partial charge in [0.25, 0.3) is 0 Å². The summed E-state index contributed by atoms with van der Waals surface area (Å²) in [5, 5.41) is 9.92. The van der Waals surface area contributed by atoms with Gasteiger partial charge in [-0.1, -0.05) is 5.23 Å². The van der Waals surface area contributed by atoms with E-state index in [1.807, 2.05) is 0 Å². The fraction of sp³-hybridized carbons (Fsp3) is 1.00. The first kappa shape index (κ1) is 13.8. The van der Waals surface area contributed by atoms with Gasteiger partial charge in [-0.15, -0.1) is 0 Å². The van der Waals surface area contributed by atoms with Crippen molar-refractivity contribution in [3.8, 4) is 0 Å². The van der Waals surface area contributed by atoms with Crippen LogP contribution in [0.3, 0.4) is 0 Å². The van der Waals surface area contributed by atoms with Crippen molar-refractivity contribution in [1.82, 2.24) is 5.23 Å². The average molecular weight is 209 g/mol. The summed E-state index contributed by atoms with van der Waals surface area (Å²) in [4.78, 5) is 10.3. The van der Waals surface area contributed by atoms with Crippen LogP contribution in [0.15, 0.2) is 0 Å². The molecule has 6 nitrogen and oxygen atoms in total. The molecule has 1 N–H and O–H groups in total. The Bertz CT molecular complexity index is 104. The van der Waals surface area contributed by atoms with Crippen molar-refractivity contribution in [2.45, 2.75) is 0 Å². The van der Waals surface area contributed by atoms with Crippen molar-refractivity contribution in [3.05, 3.63) is 0 Å². The van der Waals surface area contributed by atoms with Crippen molar-refractivity contribution >= 4 is 0 Å². The highest BCUT2D eigenvalue weighted by Gasteiger charge is 2.04. The maximum absolute atomic E-state index is 8.69. The lowest BCUT2D eigenvalue weighted by atomic mass is 10.7. The van der Waals surface area contributed by atoms with Gasteiger partial charge >= 0.3 is 0 Å². The maximum Gasteiger partial charge on any atom is 0.0945 e. The molecule has 0 atom stereocenters. The highest BCUT2D eigenvalue weighted by Crippen LogP contribution is 1.92. The summed E-state index contributed by atoms with van der Waals surface area (Å²) in [5.41, 5.74) is 0. The molecule has 0 aliphatic heterocycles. The number of aliphatic hydroxyl groups excluding tert-OH is 1. The normalized spacial score (nSPS) is 11.1. The largest absolute Gasteiger partial charge is 0.395 e. The van der Waals surface area contributed by atoms with Gasteiger partial charge in [-0.3, -0.25) is 9.68 Å². The van der Waals surface area contributed by atoms with Crippen LogP contribution < -0.4 is 0 Å². The molecule has 0 radical (unpaired) electrons. The Kier molecular flexibility index (Phi) is 10.7. The van der Waals surface area contributed by atoms with E-state index in [0.717, 1.165) is 0 Å². The average Bonchev–Trinajstić information content (AvgIpc) is 2.18. The number of hydroxylamine groups is 2. The molecular formula is C8H19NO5. The monoisotopic (exact) mass is 209 g/mol. The van der Waals surface area contributed by atoms with E-state index < -0.39 is 0 Å². The van der Waals surface area contributed by atoms with Crippen LogP contribution in [0, 0.1) is 0 Å². The number of nitrogens with zero attached hydrogens (tertiary/aromatic N) is 1. The molecule has 0 aliphatic carbocycles. The van der Waals surface area contributed by atoms with Crippen molar-refractivity contribution in [2.75, 3.05) is 53.8 Å². The summed E-state index contributed by atoms with van der Waals surface area (Å²) in [6, 6.07) is 0. The third kappa shape index (κ3) is 8.36. The van der Waals surface area contributed by atoms with E-state index in [0.29, 0.717) is 33.0 Å². The Morgan fingerprint density at radius 2 is 1.43 bits per heavy atom. The van der Waals surface area contributed by atoms with Crippen LogP contribution >= 0.6 is 0 Å². The van der Waals surface area contributed by atoms with Crippen molar-refractivity contribution in [1.29, 1.82) is 0 Å². The number of hydrogen-bond donors (Lipinski definition) is 1. The first-order valence-corrected chi connectivity index (χ1v) is 4.47. The molecule has 14 heavy (non-hydrogen) atoms. The molecule has 0 saturated heterocycles. The molecule has 0 unspecified atom stereocenters. The number of ether oxygens (including phenoxy) is 2. The lowest BCUT2D eigenvalue weighted by Gasteiger charge is -2.19. The van der Waals surface area contributed by atoms with Gasteiger partial charge < -0.3 is 14.6 Å². The first-order chi connectivity index (χ1) is 6.85. The minimum Gasteiger partial charge on any atom is -0.395 e. The molecule has 0 amide bonds. The summed E-state index contributed by atoms with van der Waals surface area (Å²) in [7, 11) is 3.18. The zero-order chi connectivity index (χ0) is 10.6. The second-order valence-electron chi connectivity index (χ2n) is 2.43. The molecular weight excluding hydrogens is 190 g/mol. The van der Waals surface area contributed by atoms with E-state index in [1.54, 1.807) is 14.2 Å². The molecule has 0 aromatic heterocycles. The van der Waals surface area contributed by atoms with Crippen LogP contribution in [-0.2, 0) is 19.1 Å². The zero-order valence-corrected chi connectivity index (χ0v) is 8.77. The van der Waals surface area contributed by atoms with Gasteiger partial charge in [-0.25, -0.2) is 0 Å². The van der Waals surface area contributed by atoms with E-state index in [1.165, 1.54) is 5.23 Å². The number of aliphatic hydroxyl groups is 1. The van der Waals surface area contributed by atoms with Crippen molar-refractivity contribution < 1.29 is 24.3 Å². The van der Waals surface area contributed by atoms with Crippen LogP contribution in [0.2, 0.25) is 0 Å². The van der Waals surface area contributed by atoms with Crippen LogP contribution in [0.5, 0.6) is 0 Å². The smallest absolute Gasteiger partial charge is 0.0945 e. The third-order valence-corrected chi connectivity index (χ3v) is 1.33.